The molecule has 0 aliphatic rings. The number of aryl methyl sites for hydroxylation is 1. The zero-order valence-corrected chi connectivity index (χ0v) is 13.0. The molecule has 5 nitrogen and oxygen atoms in total. The minimum atomic E-state index is -3.77. The Labute approximate surface area is 124 Å². The van der Waals surface area contributed by atoms with Gasteiger partial charge >= 0.3 is 5.97 Å². The topological polar surface area (TPSA) is 74.7 Å². The van der Waals surface area contributed by atoms with Gasteiger partial charge in [0.1, 0.15) is 4.90 Å². The van der Waals surface area contributed by atoms with E-state index in [9.17, 15) is 13.2 Å². The number of carbonyl (C=O) groups is 1. The van der Waals surface area contributed by atoms with Gasteiger partial charge in [0.15, 0.2) is 0 Å². The maximum Gasteiger partial charge on any atom is 0.304 e. The number of hydrogen-bond acceptors (Lipinski definition) is 3. The molecule has 1 N–H and O–H groups in total. The number of nitrogens with zero attached hydrogens (tertiary/aromatic N) is 1. The normalized spacial score (nSPS) is 11.8. The van der Waals surface area contributed by atoms with Crippen LogP contribution in [0.1, 0.15) is 25.3 Å². The van der Waals surface area contributed by atoms with Crippen LogP contribution in [0.4, 0.5) is 0 Å². The monoisotopic (exact) mass is 319 g/mol. The summed E-state index contributed by atoms with van der Waals surface area (Å²) in [7, 11) is -2.42. The first-order valence-corrected chi connectivity index (χ1v) is 8.07. The van der Waals surface area contributed by atoms with Gasteiger partial charge < -0.3 is 5.11 Å². The minimum Gasteiger partial charge on any atom is -0.481 e. The van der Waals surface area contributed by atoms with E-state index in [-0.39, 0.29) is 22.9 Å². The SMILES string of the molecule is CCCc1ccc(Cl)c(S(=O)(=O)N(C)CCC(=O)O)c1. The second-order valence-electron chi connectivity index (χ2n) is 4.49. The molecule has 0 spiro atoms. The average Bonchev–Trinajstić information content (AvgIpc) is 2.38. The summed E-state index contributed by atoms with van der Waals surface area (Å²) in [5, 5.41) is 8.77. The molecule has 0 aromatic heterocycles. The summed E-state index contributed by atoms with van der Waals surface area (Å²) in [6, 6.07) is 4.91. The fourth-order valence-electron chi connectivity index (χ4n) is 1.73. The molecule has 1 rings (SSSR count). The van der Waals surface area contributed by atoms with Gasteiger partial charge in [0.25, 0.3) is 0 Å². The Morgan fingerprint density at radius 3 is 2.60 bits per heavy atom. The van der Waals surface area contributed by atoms with E-state index in [1.807, 2.05) is 6.92 Å². The molecule has 0 saturated carbocycles. The van der Waals surface area contributed by atoms with E-state index >= 15 is 0 Å². The van der Waals surface area contributed by atoms with Gasteiger partial charge in [0, 0.05) is 13.6 Å². The summed E-state index contributed by atoms with van der Waals surface area (Å²) in [5.41, 5.74) is 0.891. The van der Waals surface area contributed by atoms with Gasteiger partial charge in [-0.3, -0.25) is 4.79 Å². The highest BCUT2D eigenvalue weighted by molar-refractivity contribution is 7.89. The van der Waals surface area contributed by atoms with Crippen LogP contribution < -0.4 is 0 Å². The van der Waals surface area contributed by atoms with Gasteiger partial charge in [-0.25, -0.2) is 12.7 Å². The number of carboxylic acid groups (broad SMARTS) is 1. The van der Waals surface area contributed by atoms with Crippen LogP contribution in [0.5, 0.6) is 0 Å². The lowest BCUT2D eigenvalue weighted by Crippen LogP contribution is -2.29. The summed E-state index contributed by atoms with van der Waals surface area (Å²) in [6.07, 6.45) is 1.41. The van der Waals surface area contributed by atoms with E-state index in [0.29, 0.717) is 0 Å². The van der Waals surface area contributed by atoms with Crippen molar-refractivity contribution in [2.75, 3.05) is 13.6 Å². The maximum atomic E-state index is 12.4. The predicted octanol–water partition coefficient (Wildman–Crippen LogP) is 2.39. The molecule has 1 aromatic carbocycles. The molecule has 1 aromatic rings. The molecule has 0 atom stereocenters. The molecule has 0 amide bonds. The molecule has 0 heterocycles. The fourth-order valence-corrected chi connectivity index (χ4v) is 3.42. The lowest BCUT2D eigenvalue weighted by molar-refractivity contribution is -0.137. The van der Waals surface area contributed by atoms with Crippen LogP contribution in [0.25, 0.3) is 0 Å². The average molecular weight is 320 g/mol. The molecule has 0 aliphatic carbocycles. The molecule has 0 aliphatic heterocycles. The lowest BCUT2D eigenvalue weighted by atomic mass is 10.1. The van der Waals surface area contributed by atoms with Crippen LogP contribution in [0.15, 0.2) is 23.1 Å². The number of aliphatic carboxylic acids is 1. The molecule has 20 heavy (non-hydrogen) atoms. The fraction of sp³-hybridized carbons (Fsp3) is 0.462. The number of rotatable bonds is 7. The first kappa shape index (κ1) is 16.9. The maximum absolute atomic E-state index is 12.4. The third-order valence-corrected chi connectivity index (χ3v) is 5.20. The van der Waals surface area contributed by atoms with E-state index in [2.05, 4.69) is 0 Å². The molecule has 0 saturated heterocycles. The van der Waals surface area contributed by atoms with E-state index in [1.54, 1.807) is 18.2 Å². The van der Waals surface area contributed by atoms with E-state index < -0.39 is 16.0 Å². The quantitative estimate of drug-likeness (QED) is 0.837. The number of sulfonamides is 1. The Hall–Kier alpha value is -1.11. The molecule has 0 fully saturated rings. The van der Waals surface area contributed by atoms with Crippen LogP contribution in [0.2, 0.25) is 5.02 Å². The van der Waals surface area contributed by atoms with E-state index in [1.165, 1.54) is 7.05 Å². The van der Waals surface area contributed by atoms with Crippen molar-refractivity contribution in [3.05, 3.63) is 28.8 Å². The van der Waals surface area contributed by atoms with Crippen LogP contribution in [-0.4, -0.2) is 37.4 Å². The van der Waals surface area contributed by atoms with Gasteiger partial charge in [-0.1, -0.05) is 31.0 Å². The number of carboxylic acids is 1. The van der Waals surface area contributed by atoms with Crippen molar-refractivity contribution in [2.24, 2.45) is 0 Å². The number of benzene rings is 1. The first-order valence-electron chi connectivity index (χ1n) is 6.25. The van der Waals surface area contributed by atoms with Crippen molar-refractivity contribution < 1.29 is 18.3 Å². The van der Waals surface area contributed by atoms with Crippen molar-refractivity contribution >= 4 is 27.6 Å². The van der Waals surface area contributed by atoms with Crippen molar-refractivity contribution in [2.45, 2.75) is 31.1 Å². The second-order valence-corrected chi connectivity index (χ2v) is 6.91. The minimum absolute atomic E-state index is 0.0259. The Bertz CT molecular complexity index is 586. The number of halogens is 1. The van der Waals surface area contributed by atoms with Crippen LogP contribution in [0, 0.1) is 0 Å². The standard InChI is InChI=1S/C13H18ClNO4S/c1-3-4-10-5-6-11(14)12(9-10)20(18,19)15(2)8-7-13(16)17/h5-6,9H,3-4,7-8H2,1-2H3,(H,16,17). The third kappa shape index (κ3) is 4.19. The molecule has 0 radical (unpaired) electrons. The number of hydrogen-bond donors (Lipinski definition) is 1. The van der Waals surface area contributed by atoms with Gasteiger partial charge in [-0.05, 0) is 24.1 Å². The lowest BCUT2D eigenvalue weighted by Gasteiger charge is -2.17. The molecule has 0 unspecified atom stereocenters. The van der Waals surface area contributed by atoms with Crippen LogP contribution in [0.3, 0.4) is 0 Å². The molecule has 112 valence electrons. The van der Waals surface area contributed by atoms with Gasteiger partial charge in [-0.2, -0.15) is 0 Å². The van der Waals surface area contributed by atoms with Crippen molar-refractivity contribution in [3.8, 4) is 0 Å². The molecular weight excluding hydrogens is 302 g/mol. The predicted molar refractivity (Wildman–Crippen MR) is 77.5 cm³/mol. The highest BCUT2D eigenvalue weighted by atomic mass is 35.5. The van der Waals surface area contributed by atoms with Crippen molar-refractivity contribution in [1.29, 1.82) is 0 Å². The van der Waals surface area contributed by atoms with E-state index in [0.717, 1.165) is 22.7 Å². The first-order chi connectivity index (χ1) is 9.28. The molecule has 0 bridgehead atoms. The Morgan fingerprint density at radius 1 is 1.40 bits per heavy atom. The highest BCUT2D eigenvalue weighted by Gasteiger charge is 2.24. The third-order valence-electron chi connectivity index (χ3n) is 2.86. The van der Waals surface area contributed by atoms with Crippen LogP contribution in [-0.2, 0) is 21.2 Å². The summed E-state index contributed by atoms with van der Waals surface area (Å²) < 4.78 is 25.8. The van der Waals surface area contributed by atoms with Crippen LogP contribution >= 0.6 is 11.6 Å². The summed E-state index contributed by atoms with van der Waals surface area (Å²) in [5.74, 6) is -1.04. The smallest absolute Gasteiger partial charge is 0.304 e. The molecule has 7 heteroatoms. The summed E-state index contributed by atoms with van der Waals surface area (Å²) in [4.78, 5) is 10.6. The van der Waals surface area contributed by atoms with Crippen molar-refractivity contribution in [1.82, 2.24) is 4.31 Å². The van der Waals surface area contributed by atoms with Gasteiger partial charge in [-0.15, -0.1) is 0 Å². The summed E-state index contributed by atoms with van der Waals surface area (Å²) in [6.45, 7) is 1.91. The zero-order chi connectivity index (χ0) is 15.3. The van der Waals surface area contributed by atoms with Gasteiger partial charge in [0.2, 0.25) is 10.0 Å². The van der Waals surface area contributed by atoms with E-state index in [4.69, 9.17) is 16.7 Å². The van der Waals surface area contributed by atoms with Gasteiger partial charge in [0.05, 0.1) is 11.4 Å². The summed E-state index contributed by atoms with van der Waals surface area (Å²) >= 11 is 5.97. The van der Waals surface area contributed by atoms with Crippen molar-refractivity contribution in [3.63, 3.8) is 0 Å². The largest absolute Gasteiger partial charge is 0.481 e. The Morgan fingerprint density at radius 2 is 2.05 bits per heavy atom. The highest BCUT2D eigenvalue weighted by Crippen LogP contribution is 2.25. The zero-order valence-electron chi connectivity index (χ0n) is 11.5. The second kappa shape index (κ2) is 7.06. The molecular formula is C13H18ClNO4S. The Balaban J connectivity index is 3.07. The Kier molecular flexibility index (Phi) is 5.98.